The van der Waals surface area contributed by atoms with Crippen molar-refractivity contribution in [2.24, 2.45) is 11.3 Å². The monoisotopic (exact) mass is 309 g/mol. The molecule has 0 radical (unpaired) electrons. The number of hydrogen-bond donors (Lipinski definition) is 2. The van der Waals surface area contributed by atoms with Crippen molar-refractivity contribution >= 4 is 17.2 Å². The summed E-state index contributed by atoms with van der Waals surface area (Å²) in [6, 6.07) is -0.00642. The summed E-state index contributed by atoms with van der Waals surface area (Å²) in [5.74, 6) is 0.749. The molecule has 0 bridgehead atoms. The summed E-state index contributed by atoms with van der Waals surface area (Å²) in [5, 5.41) is 14.4. The first-order chi connectivity index (χ1) is 9.82. The number of carbonyl (C=O) groups excluding carboxylic acids is 1. The van der Waals surface area contributed by atoms with E-state index in [-0.39, 0.29) is 24.0 Å². The van der Waals surface area contributed by atoms with Gasteiger partial charge in [-0.2, -0.15) is 0 Å². The third-order valence-corrected chi connectivity index (χ3v) is 5.47. The van der Waals surface area contributed by atoms with Gasteiger partial charge in [0.25, 0.3) is 5.91 Å². The highest BCUT2D eigenvalue weighted by molar-refractivity contribution is 7.10. The summed E-state index contributed by atoms with van der Waals surface area (Å²) in [7, 11) is 0. The Kier molecular flexibility index (Phi) is 5.10. The van der Waals surface area contributed by atoms with E-state index in [4.69, 9.17) is 0 Å². The van der Waals surface area contributed by atoms with Gasteiger partial charge in [0.05, 0.1) is 5.56 Å². The van der Waals surface area contributed by atoms with Gasteiger partial charge < -0.3 is 10.4 Å². The van der Waals surface area contributed by atoms with Gasteiger partial charge >= 0.3 is 0 Å². The Morgan fingerprint density at radius 1 is 1.52 bits per heavy atom. The molecule has 0 fully saturated rings. The number of amides is 1. The summed E-state index contributed by atoms with van der Waals surface area (Å²) in [5.41, 5.74) is 2.06. The first-order valence-electron chi connectivity index (χ1n) is 7.84. The van der Waals surface area contributed by atoms with Crippen LogP contribution in [0.1, 0.15) is 61.3 Å². The van der Waals surface area contributed by atoms with Crippen LogP contribution in [0.5, 0.6) is 0 Å². The molecule has 3 nitrogen and oxygen atoms in total. The van der Waals surface area contributed by atoms with Crippen LogP contribution >= 0.6 is 11.3 Å². The lowest BCUT2D eigenvalue weighted by molar-refractivity contribution is 0.0884. The first-order valence-corrected chi connectivity index (χ1v) is 8.72. The number of aliphatic hydroxyl groups is 1. The Bertz CT molecular complexity index is 501. The van der Waals surface area contributed by atoms with Crippen LogP contribution in [-0.4, -0.2) is 23.7 Å². The van der Waals surface area contributed by atoms with Gasteiger partial charge in [-0.3, -0.25) is 4.79 Å². The molecule has 0 saturated carbocycles. The fourth-order valence-corrected chi connectivity index (χ4v) is 4.20. The van der Waals surface area contributed by atoms with Crippen LogP contribution in [-0.2, 0) is 12.8 Å². The molecule has 1 aromatic rings. The number of rotatable bonds is 4. The molecule has 0 aromatic carbocycles. The van der Waals surface area contributed by atoms with Crippen LogP contribution in [0.2, 0.25) is 0 Å². The zero-order valence-corrected chi connectivity index (χ0v) is 14.3. The predicted molar refractivity (Wildman–Crippen MR) is 87.9 cm³/mol. The molecule has 2 atom stereocenters. The van der Waals surface area contributed by atoms with E-state index in [1.54, 1.807) is 11.3 Å². The molecule has 0 aliphatic heterocycles. The standard InChI is InChI=1S/C17H27NO2S/c1-11-5-6-12-13(10-21-14(12)9-11)16(20)18-15(7-8-19)17(2,3)4/h10-11,15,19H,5-9H2,1-4H3,(H,18,20). The molecular weight excluding hydrogens is 282 g/mol. The van der Waals surface area contributed by atoms with Crippen molar-refractivity contribution in [1.82, 2.24) is 5.32 Å². The second kappa shape index (κ2) is 6.49. The molecule has 1 heterocycles. The maximum atomic E-state index is 12.6. The number of nitrogens with one attached hydrogen (secondary N) is 1. The van der Waals surface area contributed by atoms with E-state index in [1.807, 2.05) is 5.38 Å². The van der Waals surface area contributed by atoms with Gasteiger partial charge in [-0.05, 0) is 42.6 Å². The highest BCUT2D eigenvalue weighted by Crippen LogP contribution is 2.33. The number of carbonyl (C=O) groups is 1. The molecule has 1 aliphatic rings. The summed E-state index contributed by atoms with van der Waals surface area (Å²) in [4.78, 5) is 14.0. The SMILES string of the molecule is CC1CCc2c(C(=O)NC(CCO)C(C)(C)C)csc2C1. The molecule has 0 saturated heterocycles. The fourth-order valence-electron chi connectivity index (χ4n) is 2.95. The van der Waals surface area contributed by atoms with Gasteiger partial charge in [0, 0.05) is 22.9 Å². The Morgan fingerprint density at radius 3 is 2.86 bits per heavy atom. The molecule has 2 rings (SSSR count). The second-order valence-electron chi connectivity index (χ2n) is 7.30. The van der Waals surface area contributed by atoms with Crippen LogP contribution in [0.3, 0.4) is 0 Å². The quantitative estimate of drug-likeness (QED) is 0.895. The Hall–Kier alpha value is -0.870. The summed E-state index contributed by atoms with van der Waals surface area (Å²) >= 11 is 1.72. The molecule has 1 aromatic heterocycles. The van der Waals surface area contributed by atoms with Crippen molar-refractivity contribution in [3.05, 3.63) is 21.4 Å². The Labute approximate surface area is 131 Å². The zero-order valence-electron chi connectivity index (χ0n) is 13.5. The smallest absolute Gasteiger partial charge is 0.252 e. The molecular formula is C17H27NO2S. The summed E-state index contributed by atoms with van der Waals surface area (Å²) in [6.07, 6.45) is 3.89. The molecule has 2 unspecified atom stereocenters. The normalized spacial score (nSPS) is 20.0. The molecule has 2 N–H and O–H groups in total. The van der Waals surface area contributed by atoms with E-state index in [1.165, 1.54) is 16.9 Å². The van der Waals surface area contributed by atoms with Gasteiger partial charge in [-0.1, -0.05) is 27.7 Å². The molecule has 4 heteroatoms. The summed E-state index contributed by atoms with van der Waals surface area (Å²) < 4.78 is 0. The average molecular weight is 309 g/mol. The van der Waals surface area contributed by atoms with Crippen molar-refractivity contribution in [3.8, 4) is 0 Å². The minimum Gasteiger partial charge on any atom is -0.396 e. The van der Waals surface area contributed by atoms with Gasteiger partial charge in [0.15, 0.2) is 0 Å². The van der Waals surface area contributed by atoms with Crippen LogP contribution in [0.15, 0.2) is 5.38 Å². The third-order valence-electron chi connectivity index (χ3n) is 4.41. The molecule has 1 amide bonds. The predicted octanol–water partition coefficient (Wildman–Crippen LogP) is 3.40. The minimum absolute atomic E-state index is 0.00642. The highest BCUT2D eigenvalue weighted by Gasteiger charge is 2.28. The molecule has 1 aliphatic carbocycles. The van der Waals surface area contributed by atoms with Crippen molar-refractivity contribution in [2.45, 2.75) is 59.4 Å². The van der Waals surface area contributed by atoms with Gasteiger partial charge in [-0.25, -0.2) is 0 Å². The number of aliphatic hydroxyl groups excluding tert-OH is 1. The third kappa shape index (κ3) is 3.86. The lowest BCUT2D eigenvalue weighted by Crippen LogP contribution is -2.44. The maximum absolute atomic E-state index is 12.6. The zero-order chi connectivity index (χ0) is 15.6. The van der Waals surface area contributed by atoms with E-state index in [2.05, 4.69) is 33.0 Å². The lowest BCUT2D eigenvalue weighted by atomic mass is 9.84. The Morgan fingerprint density at radius 2 is 2.24 bits per heavy atom. The van der Waals surface area contributed by atoms with Crippen molar-refractivity contribution in [2.75, 3.05) is 6.61 Å². The Balaban J connectivity index is 2.13. The largest absolute Gasteiger partial charge is 0.396 e. The van der Waals surface area contributed by atoms with Gasteiger partial charge in [0.2, 0.25) is 0 Å². The van der Waals surface area contributed by atoms with Gasteiger partial charge in [0.1, 0.15) is 0 Å². The fraction of sp³-hybridized carbons (Fsp3) is 0.706. The topological polar surface area (TPSA) is 49.3 Å². The van der Waals surface area contributed by atoms with E-state index in [9.17, 15) is 9.90 Å². The maximum Gasteiger partial charge on any atom is 0.252 e. The van der Waals surface area contributed by atoms with Crippen LogP contribution in [0.4, 0.5) is 0 Å². The van der Waals surface area contributed by atoms with Crippen molar-refractivity contribution in [3.63, 3.8) is 0 Å². The number of fused-ring (bicyclic) bond motifs is 1. The number of hydrogen-bond acceptors (Lipinski definition) is 3. The second-order valence-corrected chi connectivity index (χ2v) is 8.27. The first kappa shape index (κ1) is 16.5. The van der Waals surface area contributed by atoms with Crippen LogP contribution in [0.25, 0.3) is 0 Å². The van der Waals surface area contributed by atoms with E-state index in [0.29, 0.717) is 6.42 Å². The van der Waals surface area contributed by atoms with Crippen LogP contribution < -0.4 is 5.32 Å². The van der Waals surface area contributed by atoms with E-state index >= 15 is 0 Å². The number of thiophene rings is 1. The minimum atomic E-state index is -0.0526. The highest BCUT2D eigenvalue weighted by atomic mass is 32.1. The van der Waals surface area contributed by atoms with Crippen molar-refractivity contribution in [1.29, 1.82) is 0 Å². The van der Waals surface area contributed by atoms with E-state index in [0.717, 1.165) is 24.3 Å². The molecule has 0 spiro atoms. The van der Waals surface area contributed by atoms with Crippen molar-refractivity contribution < 1.29 is 9.90 Å². The van der Waals surface area contributed by atoms with Gasteiger partial charge in [-0.15, -0.1) is 11.3 Å². The van der Waals surface area contributed by atoms with E-state index < -0.39 is 0 Å². The molecule has 21 heavy (non-hydrogen) atoms. The van der Waals surface area contributed by atoms with Crippen LogP contribution in [0, 0.1) is 11.3 Å². The lowest BCUT2D eigenvalue weighted by Gasteiger charge is -2.31. The summed E-state index contributed by atoms with van der Waals surface area (Å²) in [6.45, 7) is 8.66. The average Bonchev–Trinajstić information content (AvgIpc) is 2.79. The molecule has 118 valence electrons.